The molecule has 4 atom stereocenters. The maximum atomic E-state index is 13.1. The van der Waals surface area contributed by atoms with Gasteiger partial charge in [0.05, 0.1) is 18.2 Å². The number of nitrogens with one attached hydrogen (secondary N) is 1. The predicted molar refractivity (Wildman–Crippen MR) is 158 cm³/mol. The van der Waals surface area contributed by atoms with Crippen LogP contribution in [0.3, 0.4) is 0 Å². The van der Waals surface area contributed by atoms with E-state index in [1.807, 2.05) is 89.5 Å². The molecule has 3 aliphatic rings. The largest absolute Gasteiger partial charge is 0.333 e. The van der Waals surface area contributed by atoms with Gasteiger partial charge in [-0.1, -0.05) is 73.6 Å². The number of nitriles is 1. The summed E-state index contributed by atoms with van der Waals surface area (Å²) in [6.45, 7) is 18.1. The van der Waals surface area contributed by atoms with Crippen molar-refractivity contribution in [1.82, 2.24) is 35.3 Å². The Bertz CT molecular complexity index is 1050. The van der Waals surface area contributed by atoms with Gasteiger partial charge in [0.1, 0.15) is 6.04 Å². The zero-order valence-corrected chi connectivity index (χ0v) is 25.6. The number of benzene rings is 1. The third-order valence-electron chi connectivity index (χ3n) is 6.71. The van der Waals surface area contributed by atoms with Crippen LogP contribution >= 0.6 is 0 Å². The fourth-order valence-electron chi connectivity index (χ4n) is 5.14. The van der Waals surface area contributed by atoms with Gasteiger partial charge in [0.15, 0.2) is 0 Å². The number of carbonyl (C=O) groups excluding carboxylic acids is 2. The van der Waals surface area contributed by atoms with Crippen LogP contribution in [-0.2, 0) is 16.1 Å². The summed E-state index contributed by atoms with van der Waals surface area (Å²) in [4.78, 5) is 31.3. The van der Waals surface area contributed by atoms with Crippen molar-refractivity contribution in [1.29, 1.82) is 5.26 Å². The maximum Gasteiger partial charge on any atom is 0.241 e. The molecule has 0 saturated carbocycles. The molecule has 3 unspecified atom stereocenters. The van der Waals surface area contributed by atoms with E-state index >= 15 is 0 Å². The molecule has 222 valence electrons. The Hall–Kier alpha value is -3.36. The third-order valence-corrected chi connectivity index (χ3v) is 6.71. The maximum absolute atomic E-state index is 13.1. The summed E-state index contributed by atoms with van der Waals surface area (Å²) in [5, 5.41) is 23.3. The van der Waals surface area contributed by atoms with Gasteiger partial charge in [0, 0.05) is 37.8 Å². The number of carbonyl (C=O) groups is 2. The van der Waals surface area contributed by atoms with Crippen molar-refractivity contribution in [3.05, 3.63) is 29.8 Å². The van der Waals surface area contributed by atoms with E-state index in [-0.39, 0.29) is 29.9 Å². The summed E-state index contributed by atoms with van der Waals surface area (Å²) in [5.41, 5.74) is 8.05. The standard InChI is InChI=1S/C21H25N9O2.4C2H6/c22-9-15-5-2-6-29(15)20(31)17(23)12-28-11-16-8-18(28)21(32)30(16)10-13-3-1-4-14(7-13)19-24-26-27-25-19;4*1-2/h1,3-4,7,15-18H,2,5-6,8,10-12,23H2,(H,24,25,26,27);4*1-2H3/t15?,16-,17?,18?;;;;/m0..../s1. The van der Waals surface area contributed by atoms with Gasteiger partial charge in [0.25, 0.3) is 0 Å². The lowest BCUT2D eigenvalue weighted by atomic mass is 10.1. The molecule has 2 bridgehead atoms. The van der Waals surface area contributed by atoms with E-state index < -0.39 is 6.04 Å². The molecule has 0 aliphatic carbocycles. The fourth-order valence-corrected chi connectivity index (χ4v) is 5.14. The van der Waals surface area contributed by atoms with Crippen LogP contribution in [-0.4, -0.2) is 90.9 Å². The predicted octanol–water partition coefficient (Wildman–Crippen LogP) is 3.60. The second-order valence-electron chi connectivity index (χ2n) is 8.69. The average Bonchev–Trinajstić information content (AvgIpc) is 3.84. The molecule has 3 aliphatic heterocycles. The Labute approximate surface area is 240 Å². The zero-order chi connectivity index (χ0) is 30.2. The lowest BCUT2D eigenvalue weighted by molar-refractivity contribution is -0.139. The molecule has 0 radical (unpaired) electrons. The van der Waals surface area contributed by atoms with E-state index in [1.165, 1.54) is 0 Å². The number of nitrogens with two attached hydrogens (primary N) is 1. The Kier molecular flexibility index (Phi) is 15.7. The number of rotatable bonds is 6. The van der Waals surface area contributed by atoms with Crippen LogP contribution in [0.2, 0.25) is 0 Å². The summed E-state index contributed by atoms with van der Waals surface area (Å²) in [6.07, 6.45) is 2.27. The molecule has 3 N–H and O–H groups in total. The van der Waals surface area contributed by atoms with Gasteiger partial charge in [-0.3, -0.25) is 14.5 Å². The number of aromatic amines is 1. The smallest absolute Gasteiger partial charge is 0.241 e. The molecule has 40 heavy (non-hydrogen) atoms. The van der Waals surface area contributed by atoms with Crippen LogP contribution in [0.25, 0.3) is 11.4 Å². The van der Waals surface area contributed by atoms with Crippen molar-refractivity contribution in [3.8, 4) is 17.5 Å². The summed E-state index contributed by atoms with van der Waals surface area (Å²) in [7, 11) is 0. The third kappa shape index (κ3) is 8.08. The van der Waals surface area contributed by atoms with Crippen molar-refractivity contribution in [2.24, 2.45) is 5.73 Å². The Morgan fingerprint density at radius 1 is 1.18 bits per heavy atom. The first-order valence-electron chi connectivity index (χ1n) is 14.9. The molecule has 11 heteroatoms. The minimum absolute atomic E-state index is 0.0712. The number of aromatic nitrogens is 4. The topological polar surface area (TPSA) is 148 Å². The Morgan fingerprint density at radius 3 is 2.48 bits per heavy atom. The number of likely N-dealkylation sites (tertiary alicyclic amines) is 3. The first-order chi connectivity index (χ1) is 19.5. The number of piperazine rings is 1. The highest BCUT2D eigenvalue weighted by molar-refractivity contribution is 5.86. The molecule has 0 spiro atoms. The van der Waals surface area contributed by atoms with Crippen molar-refractivity contribution < 1.29 is 9.59 Å². The van der Waals surface area contributed by atoms with Crippen LogP contribution in [0, 0.1) is 11.3 Å². The van der Waals surface area contributed by atoms with E-state index in [4.69, 9.17) is 5.73 Å². The summed E-state index contributed by atoms with van der Waals surface area (Å²) in [5.74, 6) is 0.393. The van der Waals surface area contributed by atoms with Gasteiger partial charge in [0.2, 0.25) is 17.6 Å². The first kappa shape index (κ1) is 34.7. The molecule has 5 rings (SSSR count). The molecule has 1 aromatic carbocycles. The van der Waals surface area contributed by atoms with E-state index in [1.54, 1.807) is 4.90 Å². The fraction of sp³-hybridized carbons (Fsp3) is 0.655. The minimum Gasteiger partial charge on any atom is -0.333 e. The SMILES string of the molecule is CC.CC.CC.CC.N#CC1CCCN1C(=O)C(N)CN1C[C@@H]2CC1C(=O)N2Cc1cccc(-c2nn[nH]n2)c1. The number of H-pyrrole nitrogens is 1. The van der Waals surface area contributed by atoms with Crippen LogP contribution in [0.4, 0.5) is 0 Å². The summed E-state index contributed by atoms with van der Waals surface area (Å²) >= 11 is 0. The number of fused-ring (bicyclic) bond motifs is 2. The molecule has 2 aromatic rings. The van der Waals surface area contributed by atoms with E-state index in [0.29, 0.717) is 38.4 Å². The van der Waals surface area contributed by atoms with E-state index in [9.17, 15) is 14.9 Å². The van der Waals surface area contributed by atoms with Crippen molar-refractivity contribution in [3.63, 3.8) is 0 Å². The van der Waals surface area contributed by atoms with Gasteiger partial charge < -0.3 is 15.5 Å². The second kappa shape index (κ2) is 18.1. The number of amides is 2. The molecule has 3 saturated heterocycles. The highest BCUT2D eigenvalue weighted by Gasteiger charge is 2.50. The molecule has 3 fully saturated rings. The minimum atomic E-state index is -0.726. The molecule has 11 nitrogen and oxygen atoms in total. The van der Waals surface area contributed by atoms with Gasteiger partial charge >= 0.3 is 0 Å². The van der Waals surface area contributed by atoms with Gasteiger partial charge in [-0.15, -0.1) is 10.2 Å². The lowest BCUT2D eigenvalue weighted by Gasteiger charge is -2.35. The first-order valence-corrected chi connectivity index (χ1v) is 14.9. The highest BCUT2D eigenvalue weighted by Crippen LogP contribution is 2.33. The Balaban J connectivity index is 0.000000921. The second-order valence-corrected chi connectivity index (χ2v) is 8.69. The van der Waals surface area contributed by atoms with Crippen LogP contribution in [0.15, 0.2) is 24.3 Å². The van der Waals surface area contributed by atoms with Crippen LogP contribution < -0.4 is 5.73 Å². The molecule has 2 amide bonds. The molecular weight excluding hydrogens is 506 g/mol. The number of hydrogen-bond acceptors (Lipinski definition) is 8. The molecule has 4 heterocycles. The van der Waals surface area contributed by atoms with Crippen LogP contribution in [0.1, 0.15) is 80.2 Å². The van der Waals surface area contributed by atoms with Crippen LogP contribution in [0.5, 0.6) is 0 Å². The number of nitrogens with zero attached hydrogens (tertiary/aromatic N) is 7. The van der Waals surface area contributed by atoms with Gasteiger partial charge in [-0.05, 0) is 36.1 Å². The molecule has 1 aromatic heterocycles. The van der Waals surface area contributed by atoms with Crippen molar-refractivity contribution in [2.45, 2.75) is 105 Å². The zero-order valence-electron chi connectivity index (χ0n) is 25.6. The number of hydrogen-bond donors (Lipinski definition) is 2. The van der Waals surface area contributed by atoms with Gasteiger partial charge in [-0.25, -0.2) is 0 Å². The van der Waals surface area contributed by atoms with Crippen molar-refractivity contribution >= 4 is 11.8 Å². The normalized spacial score (nSPS) is 21.4. The van der Waals surface area contributed by atoms with Crippen molar-refractivity contribution in [2.75, 3.05) is 19.6 Å². The van der Waals surface area contributed by atoms with E-state index in [2.05, 4.69) is 26.7 Å². The highest BCUT2D eigenvalue weighted by atomic mass is 16.2. The Morgan fingerprint density at radius 2 is 1.88 bits per heavy atom. The average molecular weight is 556 g/mol. The van der Waals surface area contributed by atoms with E-state index in [0.717, 1.165) is 24.0 Å². The monoisotopic (exact) mass is 555 g/mol. The number of tetrazole rings is 1. The lowest BCUT2D eigenvalue weighted by Crippen LogP contribution is -2.56. The summed E-state index contributed by atoms with van der Waals surface area (Å²) in [6, 6.07) is 8.70. The quantitative estimate of drug-likeness (QED) is 0.549. The molecular formula is C29H49N9O2. The van der Waals surface area contributed by atoms with Gasteiger partial charge in [-0.2, -0.15) is 10.5 Å². The summed E-state index contributed by atoms with van der Waals surface area (Å²) < 4.78 is 0.